The molecule has 6 heteroatoms. The number of benzene rings is 1. The van der Waals surface area contributed by atoms with Crippen molar-refractivity contribution in [2.45, 2.75) is 6.92 Å². The van der Waals surface area contributed by atoms with Crippen LogP contribution >= 0.6 is 11.6 Å². The molecular weight excluding hydrogens is 273 g/mol. The van der Waals surface area contributed by atoms with Gasteiger partial charge in [0.2, 0.25) is 5.88 Å². The van der Waals surface area contributed by atoms with Gasteiger partial charge in [0.15, 0.2) is 11.6 Å². The molecule has 1 heterocycles. The van der Waals surface area contributed by atoms with Gasteiger partial charge in [-0.25, -0.2) is 14.2 Å². The highest BCUT2D eigenvalue weighted by Gasteiger charge is 2.11. The van der Waals surface area contributed by atoms with Gasteiger partial charge in [-0.1, -0.05) is 17.7 Å². The zero-order chi connectivity index (χ0) is 14.0. The third kappa shape index (κ3) is 3.20. The van der Waals surface area contributed by atoms with E-state index in [9.17, 15) is 9.18 Å². The van der Waals surface area contributed by atoms with E-state index in [4.69, 9.17) is 21.4 Å². The van der Waals surface area contributed by atoms with Gasteiger partial charge in [-0.05, 0) is 30.7 Å². The number of nitrogens with zero attached hydrogens (tertiary/aromatic N) is 1. The molecule has 0 saturated carbocycles. The van der Waals surface area contributed by atoms with Crippen molar-refractivity contribution >= 4 is 17.6 Å². The van der Waals surface area contributed by atoms with Gasteiger partial charge in [-0.3, -0.25) is 0 Å². The summed E-state index contributed by atoms with van der Waals surface area (Å²) >= 11 is 5.68. The van der Waals surface area contributed by atoms with E-state index in [2.05, 4.69) is 4.98 Å². The Morgan fingerprint density at radius 3 is 2.79 bits per heavy atom. The molecule has 1 aromatic heterocycles. The zero-order valence-corrected chi connectivity index (χ0v) is 10.6. The average molecular weight is 282 g/mol. The first-order chi connectivity index (χ1) is 8.95. The normalized spacial score (nSPS) is 10.3. The van der Waals surface area contributed by atoms with Crippen molar-refractivity contribution < 1.29 is 19.0 Å². The molecule has 19 heavy (non-hydrogen) atoms. The lowest BCUT2D eigenvalue weighted by Gasteiger charge is -2.07. The lowest BCUT2D eigenvalue weighted by molar-refractivity contribution is 0.0696. The Labute approximate surface area is 113 Å². The second kappa shape index (κ2) is 5.24. The monoisotopic (exact) mass is 281 g/mol. The Morgan fingerprint density at radius 2 is 2.11 bits per heavy atom. The number of aryl methyl sites for hydroxylation is 1. The van der Waals surface area contributed by atoms with Crippen LogP contribution in [0.25, 0.3) is 0 Å². The largest absolute Gasteiger partial charge is 0.478 e. The summed E-state index contributed by atoms with van der Waals surface area (Å²) in [6, 6.07) is 6.70. The predicted octanol–water partition coefficient (Wildman–Crippen LogP) is 3.67. The summed E-state index contributed by atoms with van der Waals surface area (Å²) in [4.78, 5) is 14.7. The minimum Gasteiger partial charge on any atom is -0.478 e. The second-order valence-electron chi connectivity index (χ2n) is 3.86. The maximum Gasteiger partial charge on any atom is 0.335 e. The molecule has 0 aliphatic carbocycles. The summed E-state index contributed by atoms with van der Waals surface area (Å²) in [7, 11) is 0. The van der Waals surface area contributed by atoms with Crippen molar-refractivity contribution in [1.29, 1.82) is 0 Å². The van der Waals surface area contributed by atoms with Gasteiger partial charge in [0.1, 0.15) is 5.15 Å². The highest BCUT2D eigenvalue weighted by molar-refractivity contribution is 6.29. The minimum atomic E-state index is -1.17. The molecule has 0 radical (unpaired) electrons. The van der Waals surface area contributed by atoms with Crippen LogP contribution < -0.4 is 4.74 Å². The number of hydrogen-bond donors (Lipinski definition) is 1. The van der Waals surface area contributed by atoms with Crippen LogP contribution in [0.5, 0.6) is 11.6 Å². The van der Waals surface area contributed by atoms with Crippen LogP contribution in [0.1, 0.15) is 15.9 Å². The maximum atomic E-state index is 13.5. The van der Waals surface area contributed by atoms with E-state index in [1.807, 2.05) is 0 Å². The minimum absolute atomic E-state index is 0.0360. The smallest absolute Gasteiger partial charge is 0.335 e. The summed E-state index contributed by atoms with van der Waals surface area (Å²) in [6.45, 7) is 1.78. The number of rotatable bonds is 3. The molecule has 98 valence electrons. The van der Waals surface area contributed by atoms with Crippen LogP contribution in [0, 0.1) is 12.7 Å². The van der Waals surface area contributed by atoms with Crippen LogP contribution in [0.15, 0.2) is 30.3 Å². The fraction of sp³-hybridized carbons (Fsp3) is 0.0769. The maximum absolute atomic E-state index is 13.5. The van der Waals surface area contributed by atoms with E-state index in [1.165, 1.54) is 24.3 Å². The average Bonchev–Trinajstić information content (AvgIpc) is 2.33. The molecule has 0 aliphatic rings. The Morgan fingerprint density at radius 1 is 1.37 bits per heavy atom. The van der Waals surface area contributed by atoms with Crippen molar-refractivity contribution in [2.24, 2.45) is 0 Å². The molecule has 0 fully saturated rings. The molecule has 0 amide bonds. The van der Waals surface area contributed by atoms with Gasteiger partial charge in [-0.2, -0.15) is 0 Å². The number of aromatic nitrogens is 1. The quantitative estimate of drug-likeness (QED) is 0.872. The Balaban J connectivity index is 2.38. The molecule has 2 aromatic rings. The lowest BCUT2D eigenvalue weighted by atomic mass is 10.2. The first-order valence-electron chi connectivity index (χ1n) is 5.30. The van der Waals surface area contributed by atoms with Crippen LogP contribution in [-0.2, 0) is 0 Å². The van der Waals surface area contributed by atoms with Gasteiger partial charge in [-0.15, -0.1) is 0 Å². The van der Waals surface area contributed by atoms with Crippen LogP contribution in [-0.4, -0.2) is 16.1 Å². The molecule has 0 saturated heterocycles. The van der Waals surface area contributed by atoms with E-state index in [-0.39, 0.29) is 22.3 Å². The van der Waals surface area contributed by atoms with Crippen molar-refractivity contribution in [3.63, 3.8) is 0 Å². The number of aromatic carboxylic acids is 1. The van der Waals surface area contributed by atoms with Gasteiger partial charge < -0.3 is 9.84 Å². The topological polar surface area (TPSA) is 59.4 Å². The highest BCUT2D eigenvalue weighted by Crippen LogP contribution is 2.26. The van der Waals surface area contributed by atoms with Gasteiger partial charge in [0.25, 0.3) is 0 Å². The zero-order valence-electron chi connectivity index (χ0n) is 9.85. The van der Waals surface area contributed by atoms with Crippen molar-refractivity contribution in [2.75, 3.05) is 0 Å². The Bertz CT molecular complexity index is 646. The fourth-order valence-corrected chi connectivity index (χ4v) is 1.65. The molecule has 2 rings (SSSR count). The van der Waals surface area contributed by atoms with E-state index >= 15 is 0 Å². The van der Waals surface area contributed by atoms with Crippen LogP contribution in [0.4, 0.5) is 4.39 Å². The standard InChI is InChI=1S/C13H9ClFNO3/c1-7-2-3-9(15)10(4-7)19-12-6-8(13(17)18)5-11(14)16-12/h2-6H,1H3,(H,17,18). The fourth-order valence-electron chi connectivity index (χ4n) is 1.45. The Kier molecular flexibility index (Phi) is 3.66. The number of hydrogen-bond acceptors (Lipinski definition) is 3. The summed E-state index contributed by atoms with van der Waals surface area (Å²) in [5.74, 6) is -1.84. The van der Waals surface area contributed by atoms with Gasteiger partial charge in [0.05, 0.1) is 5.56 Å². The van der Waals surface area contributed by atoms with Crippen LogP contribution in [0.2, 0.25) is 5.15 Å². The van der Waals surface area contributed by atoms with Gasteiger partial charge >= 0.3 is 5.97 Å². The highest BCUT2D eigenvalue weighted by atomic mass is 35.5. The number of ether oxygens (including phenoxy) is 1. The van der Waals surface area contributed by atoms with Crippen molar-refractivity contribution in [3.05, 3.63) is 52.4 Å². The summed E-state index contributed by atoms with van der Waals surface area (Å²) < 4.78 is 18.7. The first-order valence-corrected chi connectivity index (χ1v) is 5.68. The molecule has 0 aliphatic heterocycles. The van der Waals surface area contributed by atoms with E-state index in [0.717, 1.165) is 5.56 Å². The number of carboxylic acid groups (broad SMARTS) is 1. The molecule has 0 spiro atoms. The number of carbonyl (C=O) groups is 1. The lowest BCUT2D eigenvalue weighted by Crippen LogP contribution is -1.99. The summed E-state index contributed by atoms with van der Waals surface area (Å²) in [5.41, 5.74) is 0.722. The predicted molar refractivity (Wildman–Crippen MR) is 67.4 cm³/mol. The third-order valence-electron chi connectivity index (χ3n) is 2.32. The SMILES string of the molecule is Cc1ccc(F)c(Oc2cc(C(=O)O)cc(Cl)n2)c1. The molecular formula is C13H9ClFNO3. The molecule has 0 atom stereocenters. The summed E-state index contributed by atoms with van der Waals surface area (Å²) in [6.07, 6.45) is 0. The molecule has 4 nitrogen and oxygen atoms in total. The van der Waals surface area contributed by atoms with Crippen molar-refractivity contribution in [1.82, 2.24) is 4.98 Å². The third-order valence-corrected chi connectivity index (χ3v) is 2.51. The molecule has 0 unspecified atom stereocenters. The number of carboxylic acids is 1. The first kappa shape index (κ1) is 13.3. The number of halogens is 2. The van der Waals surface area contributed by atoms with Crippen LogP contribution in [0.3, 0.4) is 0 Å². The second-order valence-corrected chi connectivity index (χ2v) is 4.25. The van der Waals surface area contributed by atoms with E-state index < -0.39 is 11.8 Å². The molecule has 1 aromatic carbocycles. The number of pyridine rings is 1. The summed E-state index contributed by atoms with van der Waals surface area (Å²) in [5, 5.41) is 8.84. The van der Waals surface area contributed by atoms with E-state index in [0.29, 0.717) is 0 Å². The van der Waals surface area contributed by atoms with Crippen molar-refractivity contribution in [3.8, 4) is 11.6 Å². The Hall–Kier alpha value is -2.14. The van der Waals surface area contributed by atoms with Gasteiger partial charge in [0, 0.05) is 6.07 Å². The van der Waals surface area contributed by atoms with E-state index in [1.54, 1.807) is 13.0 Å². The molecule has 1 N–H and O–H groups in total. The molecule has 0 bridgehead atoms.